The molecule has 2 N–H and O–H groups in total. The maximum atomic E-state index is 6.28. The van der Waals surface area contributed by atoms with Gasteiger partial charge >= 0.3 is 0 Å². The lowest BCUT2D eigenvalue weighted by atomic mass is 9.79. The third kappa shape index (κ3) is 6.27. The van der Waals surface area contributed by atoms with Gasteiger partial charge in [-0.3, -0.25) is 4.90 Å². The van der Waals surface area contributed by atoms with Crippen LogP contribution in [0, 0.1) is 17.8 Å². The number of nitrogens with zero attached hydrogens (tertiary/aromatic N) is 1. The molecule has 0 rings (SSSR count). The van der Waals surface area contributed by atoms with Gasteiger partial charge in [-0.2, -0.15) is 0 Å². The maximum absolute atomic E-state index is 6.28. The zero-order valence-corrected chi connectivity index (χ0v) is 14.7. The molecule has 0 atom stereocenters. The van der Waals surface area contributed by atoms with E-state index in [2.05, 4.69) is 60.3 Å². The molecule has 116 valence electrons. The number of hydrogen-bond acceptors (Lipinski definition) is 2. The van der Waals surface area contributed by atoms with E-state index >= 15 is 0 Å². The van der Waals surface area contributed by atoms with Crippen LogP contribution in [0.2, 0.25) is 0 Å². The van der Waals surface area contributed by atoms with E-state index in [0.717, 1.165) is 13.1 Å². The molecule has 0 fully saturated rings. The van der Waals surface area contributed by atoms with Gasteiger partial charge < -0.3 is 5.73 Å². The Morgan fingerprint density at radius 3 is 1.42 bits per heavy atom. The average molecular weight is 271 g/mol. The van der Waals surface area contributed by atoms with Crippen LogP contribution < -0.4 is 5.73 Å². The van der Waals surface area contributed by atoms with Crippen molar-refractivity contribution in [2.24, 2.45) is 23.5 Å². The predicted molar refractivity (Wildman–Crippen MR) is 87.4 cm³/mol. The summed E-state index contributed by atoms with van der Waals surface area (Å²) in [6.45, 7) is 20.4. The van der Waals surface area contributed by atoms with Crippen molar-refractivity contribution >= 4 is 0 Å². The molecule has 2 heteroatoms. The fourth-order valence-electron chi connectivity index (χ4n) is 3.47. The molecule has 0 saturated carbocycles. The summed E-state index contributed by atoms with van der Waals surface area (Å²) in [6, 6.07) is 0.559. The highest BCUT2D eigenvalue weighted by atomic mass is 15.2. The fourth-order valence-corrected chi connectivity index (χ4v) is 3.47. The van der Waals surface area contributed by atoms with E-state index in [1.54, 1.807) is 0 Å². The smallest absolute Gasteiger partial charge is 0.0339 e. The van der Waals surface area contributed by atoms with Crippen molar-refractivity contribution in [2.45, 2.75) is 79.8 Å². The van der Waals surface area contributed by atoms with Crippen molar-refractivity contribution < 1.29 is 0 Å². The minimum atomic E-state index is 0.167. The Morgan fingerprint density at radius 2 is 1.21 bits per heavy atom. The SMILES string of the molecule is CC(C)CN(C(C)C)C(CN)(CC(C)C)CC(C)C. The molecule has 0 unspecified atom stereocenters. The standard InChI is InChI=1S/C17H38N2/c1-13(2)9-17(12-18,10-14(3)4)19(16(7)8)11-15(5)6/h13-16H,9-12,18H2,1-8H3. The van der Waals surface area contributed by atoms with Crippen LogP contribution in [0.4, 0.5) is 0 Å². The minimum Gasteiger partial charge on any atom is -0.329 e. The van der Waals surface area contributed by atoms with Gasteiger partial charge in [0.15, 0.2) is 0 Å². The van der Waals surface area contributed by atoms with Gasteiger partial charge in [0.2, 0.25) is 0 Å². The van der Waals surface area contributed by atoms with Gasteiger partial charge in [0.25, 0.3) is 0 Å². The van der Waals surface area contributed by atoms with Gasteiger partial charge in [0.05, 0.1) is 0 Å². The second-order valence-corrected chi connectivity index (χ2v) is 7.76. The molecule has 0 bridgehead atoms. The molecule has 0 saturated heterocycles. The van der Waals surface area contributed by atoms with Crippen molar-refractivity contribution in [3.63, 3.8) is 0 Å². The minimum absolute atomic E-state index is 0.167. The molecule has 0 radical (unpaired) electrons. The van der Waals surface area contributed by atoms with Gasteiger partial charge in [-0.15, -0.1) is 0 Å². The molecule has 0 amide bonds. The van der Waals surface area contributed by atoms with Crippen molar-refractivity contribution in [3.8, 4) is 0 Å². The lowest BCUT2D eigenvalue weighted by Gasteiger charge is -2.49. The van der Waals surface area contributed by atoms with Gasteiger partial charge in [-0.1, -0.05) is 41.5 Å². The second kappa shape index (κ2) is 8.26. The molecule has 0 aliphatic heterocycles. The largest absolute Gasteiger partial charge is 0.329 e. The van der Waals surface area contributed by atoms with Crippen molar-refractivity contribution in [1.82, 2.24) is 4.90 Å². The lowest BCUT2D eigenvalue weighted by Crippen LogP contribution is -2.58. The van der Waals surface area contributed by atoms with E-state index in [1.165, 1.54) is 12.8 Å². The monoisotopic (exact) mass is 270 g/mol. The van der Waals surface area contributed by atoms with E-state index in [0.29, 0.717) is 23.8 Å². The molecule has 0 aromatic heterocycles. The van der Waals surface area contributed by atoms with Crippen molar-refractivity contribution in [2.75, 3.05) is 13.1 Å². The molecule has 0 spiro atoms. The van der Waals surface area contributed by atoms with Crippen LogP contribution in [-0.2, 0) is 0 Å². The molecular weight excluding hydrogens is 232 g/mol. The lowest BCUT2D eigenvalue weighted by molar-refractivity contribution is 0.0172. The van der Waals surface area contributed by atoms with Gasteiger partial charge in [-0.05, 0) is 44.4 Å². The zero-order chi connectivity index (χ0) is 15.2. The van der Waals surface area contributed by atoms with Gasteiger partial charge in [0.1, 0.15) is 0 Å². The Hall–Kier alpha value is -0.0800. The first-order valence-electron chi connectivity index (χ1n) is 8.11. The van der Waals surface area contributed by atoms with Gasteiger partial charge in [-0.25, -0.2) is 0 Å². The maximum Gasteiger partial charge on any atom is 0.0339 e. The fraction of sp³-hybridized carbons (Fsp3) is 1.00. The highest BCUT2D eigenvalue weighted by Gasteiger charge is 2.38. The Morgan fingerprint density at radius 1 is 0.789 bits per heavy atom. The summed E-state index contributed by atoms with van der Waals surface area (Å²) in [5.41, 5.74) is 6.44. The Kier molecular flexibility index (Phi) is 8.23. The normalized spacial score (nSPS) is 13.6. The van der Waals surface area contributed by atoms with Crippen molar-refractivity contribution in [3.05, 3.63) is 0 Å². The van der Waals surface area contributed by atoms with Crippen LogP contribution in [0.5, 0.6) is 0 Å². The van der Waals surface area contributed by atoms with E-state index < -0.39 is 0 Å². The highest BCUT2D eigenvalue weighted by Crippen LogP contribution is 2.32. The highest BCUT2D eigenvalue weighted by molar-refractivity contribution is 4.95. The number of nitrogens with two attached hydrogens (primary N) is 1. The van der Waals surface area contributed by atoms with Crippen LogP contribution in [0.15, 0.2) is 0 Å². The second-order valence-electron chi connectivity index (χ2n) is 7.76. The summed E-state index contributed by atoms with van der Waals surface area (Å²) in [5, 5.41) is 0. The summed E-state index contributed by atoms with van der Waals surface area (Å²) >= 11 is 0. The molecule has 0 aromatic carbocycles. The van der Waals surface area contributed by atoms with Crippen LogP contribution in [0.25, 0.3) is 0 Å². The quantitative estimate of drug-likeness (QED) is 0.682. The topological polar surface area (TPSA) is 29.3 Å². The number of hydrogen-bond donors (Lipinski definition) is 1. The van der Waals surface area contributed by atoms with Crippen molar-refractivity contribution in [1.29, 1.82) is 0 Å². The summed E-state index contributed by atoms with van der Waals surface area (Å²) < 4.78 is 0. The Bertz CT molecular complexity index is 221. The zero-order valence-electron chi connectivity index (χ0n) is 14.7. The first-order valence-corrected chi connectivity index (χ1v) is 8.11. The first-order chi connectivity index (χ1) is 8.64. The predicted octanol–water partition coefficient (Wildman–Crippen LogP) is 4.14. The van der Waals surface area contributed by atoms with E-state index in [9.17, 15) is 0 Å². The first kappa shape index (κ1) is 18.9. The van der Waals surface area contributed by atoms with E-state index in [4.69, 9.17) is 5.73 Å². The third-order valence-corrected chi connectivity index (χ3v) is 3.75. The molecule has 2 nitrogen and oxygen atoms in total. The van der Waals surface area contributed by atoms with E-state index in [1.807, 2.05) is 0 Å². The summed E-state index contributed by atoms with van der Waals surface area (Å²) in [6.07, 6.45) is 2.40. The molecule has 0 aliphatic rings. The summed E-state index contributed by atoms with van der Waals surface area (Å²) in [4.78, 5) is 2.68. The molecule has 0 heterocycles. The molecule has 0 aromatic rings. The van der Waals surface area contributed by atoms with Gasteiger partial charge in [0, 0.05) is 24.7 Å². The number of rotatable bonds is 9. The van der Waals surface area contributed by atoms with Crippen LogP contribution in [0.3, 0.4) is 0 Å². The average Bonchev–Trinajstić information content (AvgIpc) is 2.22. The van der Waals surface area contributed by atoms with E-state index in [-0.39, 0.29) is 5.54 Å². The van der Waals surface area contributed by atoms with Crippen LogP contribution >= 0.6 is 0 Å². The van der Waals surface area contributed by atoms with Crippen LogP contribution in [0.1, 0.15) is 68.2 Å². The molecule has 19 heavy (non-hydrogen) atoms. The molecule has 0 aliphatic carbocycles. The summed E-state index contributed by atoms with van der Waals surface area (Å²) in [7, 11) is 0. The van der Waals surface area contributed by atoms with Crippen LogP contribution in [-0.4, -0.2) is 29.6 Å². The Balaban J connectivity index is 5.32. The molecular formula is C17H38N2. The Labute approximate surface area is 122 Å². The third-order valence-electron chi connectivity index (χ3n) is 3.75. The summed E-state index contributed by atoms with van der Waals surface area (Å²) in [5.74, 6) is 2.07.